The van der Waals surface area contributed by atoms with Crippen LogP contribution in [0.1, 0.15) is 60.8 Å². The van der Waals surface area contributed by atoms with Gasteiger partial charge in [0, 0.05) is 19.6 Å². The Kier molecular flexibility index (Phi) is 9.76. The first-order chi connectivity index (χ1) is 8.51. The summed E-state index contributed by atoms with van der Waals surface area (Å²) >= 11 is 0. The van der Waals surface area contributed by atoms with Crippen molar-refractivity contribution in [2.24, 2.45) is 11.3 Å². The van der Waals surface area contributed by atoms with E-state index in [1.54, 1.807) is 0 Å². The summed E-state index contributed by atoms with van der Waals surface area (Å²) in [7, 11) is 0. The lowest BCUT2D eigenvalue weighted by molar-refractivity contribution is 0.144. The van der Waals surface area contributed by atoms with E-state index >= 15 is 0 Å². The molecule has 110 valence electrons. The number of hydrogen-bond donors (Lipinski definition) is 1. The fourth-order valence-electron chi connectivity index (χ4n) is 2.27. The van der Waals surface area contributed by atoms with Crippen LogP contribution in [0.2, 0.25) is 0 Å². The molecule has 0 heterocycles. The molecule has 0 aliphatic rings. The van der Waals surface area contributed by atoms with Gasteiger partial charge in [0.25, 0.3) is 0 Å². The molecule has 2 heteroatoms. The molecule has 2 atom stereocenters. The van der Waals surface area contributed by atoms with Gasteiger partial charge in [-0.3, -0.25) is 0 Å². The number of nitrogens with zero attached hydrogens (tertiary/aromatic N) is 1. The fraction of sp³-hybridized carbons (Fsp3) is 1.00. The maximum atomic E-state index is 3.60. The molecule has 0 saturated carbocycles. The first-order valence-electron chi connectivity index (χ1n) is 7.94. The summed E-state index contributed by atoms with van der Waals surface area (Å²) in [5, 5.41) is 3.60. The van der Waals surface area contributed by atoms with E-state index in [1.165, 1.54) is 38.9 Å². The molecule has 0 aliphatic carbocycles. The molecule has 0 spiro atoms. The third-order valence-corrected chi connectivity index (χ3v) is 4.15. The SMILES string of the molecule is CCCNCC(C)(CC)CN(CC)CC(C)CC. The van der Waals surface area contributed by atoms with Gasteiger partial charge in [0.1, 0.15) is 0 Å². The summed E-state index contributed by atoms with van der Waals surface area (Å²) in [6.45, 7) is 19.9. The first-order valence-corrected chi connectivity index (χ1v) is 7.94. The Morgan fingerprint density at radius 1 is 1.17 bits per heavy atom. The monoisotopic (exact) mass is 256 g/mol. The van der Waals surface area contributed by atoms with E-state index < -0.39 is 0 Å². The van der Waals surface area contributed by atoms with E-state index in [-0.39, 0.29) is 0 Å². The molecule has 0 saturated heterocycles. The van der Waals surface area contributed by atoms with Crippen molar-refractivity contribution in [3.63, 3.8) is 0 Å². The molecule has 0 amide bonds. The lowest BCUT2D eigenvalue weighted by Gasteiger charge is -2.36. The van der Waals surface area contributed by atoms with Crippen LogP contribution in [0.15, 0.2) is 0 Å². The number of nitrogens with one attached hydrogen (secondary N) is 1. The summed E-state index contributed by atoms with van der Waals surface area (Å²) in [4.78, 5) is 2.63. The molecule has 0 aromatic heterocycles. The zero-order valence-electron chi connectivity index (χ0n) is 13.7. The van der Waals surface area contributed by atoms with Crippen LogP contribution in [0.5, 0.6) is 0 Å². The van der Waals surface area contributed by atoms with Gasteiger partial charge in [-0.1, -0.05) is 48.0 Å². The fourth-order valence-corrected chi connectivity index (χ4v) is 2.27. The normalized spacial score (nSPS) is 16.8. The zero-order valence-corrected chi connectivity index (χ0v) is 13.7. The molecule has 18 heavy (non-hydrogen) atoms. The lowest BCUT2D eigenvalue weighted by Crippen LogP contribution is -2.43. The predicted octanol–water partition coefficient (Wildman–Crippen LogP) is 3.77. The van der Waals surface area contributed by atoms with Crippen molar-refractivity contribution in [2.75, 3.05) is 32.7 Å². The van der Waals surface area contributed by atoms with Crippen LogP contribution in [0, 0.1) is 11.3 Å². The van der Waals surface area contributed by atoms with Crippen molar-refractivity contribution in [3.05, 3.63) is 0 Å². The minimum Gasteiger partial charge on any atom is -0.316 e. The Hall–Kier alpha value is -0.0800. The maximum Gasteiger partial charge on any atom is 0.00474 e. The molecule has 0 radical (unpaired) electrons. The third kappa shape index (κ3) is 7.38. The van der Waals surface area contributed by atoms with Crippen LogP contribution in [0.25, 0.3) is 0 Å². The Labute approximate surface area is 116 Å². The highest BCUT2D eigenvalue weighted by Gasteiger charge is 2.24. The van der Waals surface area contributed by atoms with Gasteiger partial charge in [0.05, 0.1) is 0 Å². The number of hydrogen-bond acceptors (Lipinski definition) is 2. The highest BCUT2D eigenvalue weighted by molar-refractivity contribution is 4.80. The quantitative estimate of drug-likeness (QED) is 0.566. The summed E-state index contributed by atoms with van der Waals surface area (Å²) in [6, 6.07) is 0. The zero-order chi connectivity index (χ0) is 14.0. The van der Waals surface area contributed by atoms with Gasteiger partial charge in [0.2, 0.25) is 0 Å². The molecular weight excluding hydrogens is 220 g/mol. The van der Waals surface area contributed by atoms with Gasteiger partial charge < -0.3 is 10.2 Å². The summed E-state index contributed by atoms with van der Waals surface area (Å²) in [5.74, 6) is 0.814. The maximum absolute atomic E-state index is 3.60. The van der Waals surface area contributed by atoms with Crippen LogP contribution in [0.4, 0.5) is 0 Å². The van der Waals surface area contributed by atoms with Gasteiger partial charge in [-0.25, -0.2) is 0 Å². The van der Waals surface area contributed by atoms with Crippen molar-refractivity contribution in [3.8, 4) is 0 Å². The molecule has 0 bridgehead atoms. The van der Waals surface area contributed by atoms with Crippen LogP contribution >= 0.6 is 0 Å². The van der Waals surface area contributed by atoms with Crippen LogP contribution in [-0.4, -0.2) is 37.6 Å². The van der Waals surface area contributed by atoms with Crippen LogP contribution in [0.3, 0.4) is 0 Å². The van der Waals surface area contributed by atoms with Crippen molar-refractivity contribution >= 4 is 0 Å². The summed E-state index contributed by atoms with van der Waals surface area (Å²) in [5.41, 5.74) is 0.415. The minimum atomic E-state index is 0.415. The predicted molar refractivity (Wildman–Crippen MR) is 83.1 cm³/mol. The van der Waals surface area contributed by atoms with Gasteiger partial charge in [-0.15, -0.1) is 0 Å². The second kappa shape index (κ2) is 9.80. The smallest absolute Gasteiger partial charge is 0.00474 e. The standard InChI is InChI=1S/C16H36N2/c1-7-11-17-13-16(6,9-3)14-18(10-4)12-15(5)8-2/h15,17H,7-14H2,1-6H3. The average Bonchev–Trinajstić information content (AvgIpc) is 2.38. The summed E-state index contributed by atoms with van der Waals surface area (Å²) in [6.07, 6.45) is 3.76. The van der Waals surface area contributed by atoms with E-state index in [1.807, 2.05) is 0 Å². The Bertz CT molecular complexity index is 194. The van der Waals surface area contributed by atoms with Gasteiger partial charge >= 0.3 is 0 Å². The van der Waals surface area contributed by atoms with Crippen molar-refractivity contribution in [2.45, 2.75) is 60.8 Å². The second-order valence-corrected chi connectivity index (χ2v) is 6.18. The molecule has 0 aliphatic heterocycles. The topological polar surface area (TPSA) is 15.3 Å². The molecule has 0 fully saturated rings. The largest absolute Gasteiger partial charge is 0.316 e. The molecule has 0 rings (SSSR count). The summed E-state index contributed by atoms with van der Waals surface area (Å²) < 4.78 is 0. The highest BCUT2D eigenvalue weighted by atomic mass is 15.1. The highest BCUT2D eigenvalue weighted by Crippen LogP contribution is 2.22. The van der Waals surface area contributed by atoms with E-state index in [4.69, 9.17) is 0 Å². The Morgan fingerprint density at radius 2 is 1.83 bits per heavy atom. The van der Waals surface area contributed by atoms with Crippen molar-refractivity contribution in [1.29, 1.82) is 0 Å². The lowest BCUT2D eigenvalue weighted by atomic mass is 9.86. The van der Waals surface area contributed by atoms with E-state index in [0.29, 0.717) is 5.41 Å². The Morgan fingerprint density at radius 3 is 2.28 bits per heavy atom. The third-order valence-electron chi connectivity index (χ3n) is 4.15. The minimum absolute atomic E-state index is 0.415. The number of rotatable bonds is 11. The van der Waals surface area contributed by atoms with Crippen LogP contribution in [-0.2, 0) is 0 Å². The van der Waals surface area contributed by atoms with Gasteiger partial charge in [-0.05, 0) is 37.3 Å². The molecule has 2 unspecified atom stereocenters. The molecule has 0 aromatic carbocycles. The molecule has 2 nitrogen and oxygen atoms in total. The van der Waals surface area contributed by atoms with Crippen molar-refractivity contribution in [1.82, 2.24) is 10.2 Å². The van der Waals surface area contributed by atoms with Crippen LogP contribution < -0.4 is 5.32 Å². The van der Waals surface area contributed by atoms with E-state index in [9.17, 15) is 0 Å². The van der Waals surface area contributed by atoms with Gasteiger partial charge in [0.15, 0.2) is 0 Å². The van der Waals surface area contributed by atoms with Gasteiger partial charge in [-0.2, -0.15) is 0 Å². The molecule has 1 N–H and O–H groups in total. The van der Waals surface area contributed by atoms with Crippen molar-refractivity contribution < 1.29 is 0 Å². The molecule has 0 aromatic rings. The Balaban J connectivity index is 4.27. The van der Waals surface area contributed by atoms with E-state index in [2.05, 4.69) is 51.8 Å². The average molecular weight is 256 g/mol. The van der Waals surface area contributed by atoms with E-state index in [0.717, 1.165) is 19.0 Å². The molecular formula is C16H36N2. The first kappa shape index (κ1) is 17.9. The second-order valence-electron chi connectivity index (χ2n) is 6.18.